The minimum absolute atomic E-state index is 0.598. The molecular formula is C61H37NS. The van der Waals surface area contributed by atoms with Crippen molar-refractivity contribution < 1.29 is 0 Å². The Kier molecular flexibility index (Phi) is 7.26. The summed E-state index contributed by atoms with van der Waals surface area (Å²) < 4.78 is 2.60. The van der Waals surface area contributed by atoms with E-state index in [2.05, 4.69) is 229 Å². The largest absolute Gasteiger partial charge is 0.310 e. The molecule has 14 rings (SSSR count). The molecule has 12 aromatic rings. The van der Waals surface area contributed by atoms with Crippen molar-refractivity contribution in [3.05, 3.63) is 247 Å². The van der Waals surface area contributed by atoms with Crippen molar-refractivity contribution in [1.29, 1.82) is 0 Å². The molecule has 11 aromatic carbocycles. The van der Waals surface area contributed by atoms with Gasteiger partial charge in [-0.1, -0.05) is 182 Å². The molecule has 0 bridgehead atoms. The summed E-state index contributed by atoms with van der Waals surface area (Å²) in [6.07, 6.45) is 0. The van der Waals surface area contributed by atoms with Gasteiger partial charge in [-0.05, 0) is 125 Å². The van der Waals surface area contributed by atoms with E-state index >= 15 is 0 Å². The van der Waals surface area contributed by atoms with Gasteiger partial charge in [0.15, 0.2) is 0 Å². The number of rotatable bonds is 4. The molecule has 1 aromatic heterocycles. The Morgan fingerprint density at radius 3 is 1.86 bits per heavy atom. The van der Waals surface area contributed by atoms with Crippen LogP contribution in [0.25, 0.3) is 85.9 Å². The van der Waals surface area contributed by atoms with E-state index in [0.717, 1.165) is 17.1 Å². The van der Waals surface area contributed by atoms with Crippen LogP contribution in [0, 0.1) is 0 Å². The van der Waals surface area contributed by atoms with Gasteiger partial charge < -0.3 is 4.90 Å². The van der Waals surface area contributed by atoms with Crippen LogP contribution in [0.1, 0.15) is 22.3 Å². The highest BCUT2D eigenvalue weighted by Crippen LogP contribution is 2.62. The second kappa shape index (κ2) is 13.1. The second-order valence-corrected chi connectivity index (χ2v) is 18.2. The van der Waals surface area contributed by atoms with E-state index in [1.807, 2.05) is 11.3 Å². The zero-order valence-electron chi connectivity index (χ0n) is 34.2. The van der Waals surface area contributed by atoms with E-state index in [9.17, 15) is 0 Å². The summed E-state index contributed by atoms with van der Waals surface area (Å²) >= 11 is 1.87. The molecule has 63 heavy (non-hydrogen) atoms. The molecule has 0 saturated heterocycles. The Bertz CT molecular complexity index is 3870. The Morgan fingerprint density at radius 1 is 0.317 bits per heavy atom. The molecule has 0 N–H and O–H groups in total. The molecule has 2 aliphatic carbocycles. The van der Waals surface area contributed by atoms with Crippen molar-refractivity contribution in [3.63, 3.8) is 0 Å². The first kappa shape index (κ1) is 34.9. The average molecular weight is 816 g/mol. The van der Waals surface area contributed by atoms with Crippen molar-refractivity contribution in [1.82, 2.24) is 0 Å². The zero-order chi connectivity index (χ0) is 41.2. The summed E-state index contributed by atoms with van der Waals surface area (Å²) in [6, 6.07) is 84.5. The third kappa shape index (κ3) is 4.82. The van der Waals surface area contributed by atoms with Crippen molar-refractivity contribution >= 4 is 80.9 Å². The predicted octanol–water partition coefficient (Wildman–Crippen LogP) is 17.0. The molecule has 0 saturated carbocycles. The van der Waals surface area contributed by atoms with Gasteiger partial charge in [0.25, 0.3) is 0 Å². The smallest absolute Gasteiger partial charge is 0.0726 e. The SMILES string of the molecule is c1ccc(-c2ccc3c(c2)C2(c4ccccc4-c4cccc5cccc2c45)c2cccc4c(N(c5ccc6ccccc6c5)c5ccc6c(c5)sc5ccccc56)ccc-3c24)cc1. The molecule has 1 nitrogen and oxygen atoms in total. The van der Waals surface area contributed by atoms with Gasteiger partial charge in [0.2, 0.25) is 0 Å². The predicted molar refractivity (Wildman–Crippen MR) is 268 cm³/mol. The van der Waals surface area contributed by atoms with E-state index in [1.165, 1.54) is 108 Å². The van der Waals surface area contributed by atoms with Crippen molar-refractivity contribution in [3.8, 4) is 33.4 Å². The maximum atomic E-state index is 2.51. The average Bonchev–Trinajstić information content (AvgIpc) is 3.72. The first-order chi connectivity index (χ1) is 31.2. The van der Waals surface area contributed by atoms with Crippen LogP contribution < -0.4 is 4.90 Å². The first-order valence-corrected chi connectivity index (χ1v) is 22.6. The summed E-state index contributed by atoms with van der Waals surface area (Å²) in [7, 11) is 0. The van der Waals surface area contributed by atoms with E-state index in [1.54, 1.807) is 0 Å². The van der Waals surface area contributed by atoms with Crippen LogP contribution in [0.4, 0.5) is 17.1 Å². The zero-order valence-corrected chi connectivity index (χ0v) is 35.0. The fourth-order valence-electron chi connectivity index (χ4n) is 11.4. The lowest BCUT2D eigenvalue weighted by atomic mass is 9.55. The standard InChI is InChI=1S/C61H37NS/c1-2-13-38(14-3-1)42-28-31-46-50-33-34-56(62(43-29-27-39-15-4-5-16-41(39)35-43)44-30-32-48-47-20-7-9-26-57(47)63-58(48)37-44)51-22-12-25-54(60(50)51)61(55(46)36-42)52-23-8-6-19-45(52)49-21-10-17-40-18-11-24-53(61)59(40)49/h1-37H. The third-order valence-electron chi connectivity index (χ3n) is 14.0. The summed E-state index contributed by atoms with van der Waals surface area (Å²) in [5.74, 6) is 0. The number of hydrogen-bond acceptors (Lipinski definition) is 2. The van der Waals surface area contributed by atoms with Gasteiger partial charge in [-0.15, -0.1) is 11.3 Å². The molecule has 0 radical (unpaired) electrons. The van der Waals surface area contributed by atoms with Crippen LogP contribution in [-0.2, 0) is 5.41 Å². The van der Waals surface area contributed by atoms with E-state index < -0.39 is 5.41 Å². The lowest BCUT2D eigenvalue weighted by molar-refractivity contribution is 0.755. The van der Waals surface area contributed by atoms with Gasteiger partial charge in [0.1, 0.15) is 0 Å². The minimum atomic E-state index is -0.598. The number of thiophene rings is 1. The molecule has 1 unspecified atom stereocenters. The Morgan fingerprint density at radius 2 is 0.937 bits per heavy atom. The fraction of sp³-hybridized carbons (Fsp3) is 0.0164. The molecule has 1 spiro atoms. The molecule has 1 heterocycles. The molecule has 1 atom stereocenters. The van der Waals surface area contributed by atoms with Crippen LogP contribution in [-0.4, -0.2) is 0 Å². The third-order valence-corrected chi connectivity index (χ3v) is 15.2. The van der Waals surface area contributed by atoms with Crippen molar-refractivity contribution in [2.45, 2.75) is 5.41 Å². The molecule has 2 heteroatoms. The summed E-state index contributed by atoms with van der Waals surface area (Å²) in [4.78, 5) is 2.50. The normalized spacial score (nSPS) is 14.7. The van der Waals surface area contributed by atoms with Crippen LogP contribution >= 0.6 is 11.3 Å². The number of benzene rings is 11. The maximum Gasteiger partial charge on any atom is 0.0726 e. The van der Waals surface area contributed by atoms with Gasteiger partial charge in [-0.3, -0.25) is 0 Å². The Hall–Kier alpha value is -7.78. The van der Waals surface area contributed by atoms with E-state index in [0.29, 0.717) is 0 Å². The van der Waals surface area contributed by atoms with Crippen LogP contribution in [0.3, 0.4) is 0 Å². The summed E-state index contributed by atoms with van der Waals surface area (Å²) in [5, 5.41) is 10.2. The van der Waals surface area contributed by atoms with E-state index in [-0.39, 0.29) is 0 Å². The Labute approximate surface area is 369 Å². The summed E-state index contributed by atoms with van der Waals surface area (Å²) in [6.45, 7) is 0. The first-order valence-electron chi connectivity index (χ1n) is 21.8. The van der Waals surface area contributed by atoms with Gasteiger partial charge in [-0.2, -0.15) is 0 Å². The Balaban J connectivity index is 1.11. The highest BCUT2D eigenvalue weighted by atomic mass is 32.1. The van der Waals surface area contributed by atoms with Crippen LogP contribution in [0.5, 0.6) is 0 Å². The molecule has 0 amide bonds. The van der Waals surface area contributed by atoms with Crippen molar-refractivity contribution in [2.24, 2.45) is 0 Å². The van der Waals surface area contributed by atoms with Crippen molar-refractivity contribution in [2.75, 3.05) is 4.90 Å². The number of nitrogens with zero attached hydrogens (tertiary/aromatic N) is 1. The van der Waals surface area contributed by atoms with E-state index in [4.69, 9.17) is 0 Å². The van der Waals surface area contributed by atoms with Gasteiger partial charge >= 0.3 is 0 Å². The van der Waals surface area contributed by atoms with Gasteiger partial charge in [-0.25, -0.2) is 0 Å². The van der Waals surface area contributed by atoms with Crippen LogP contribution in [0.2, 0.25) is 0 Å². The highest BCUT2D eigenvalue weighted by molar-refractivity contribution is 7.25. The maximum absolute atomic E-state index is 2.51. The highest BCUT2D eigenvalue weighted by Gasteiger charge is 2.49. The molecule has 292 valence electrons. The number of fused-ring (bicyclic) bond motifs is 12. The summed E-state index contributed by atoms with van der Waals surface area (Å²) in [5.41, 5.74) is 15.7. The fourth-order valence-corrected chi connectivity index (χ4v) is 12.6. The second-order valence-electron chi connectivity index (χ2n) is 17.1. The number of hydrogen-bond donors (Lipinski definition) is 0. The molecule has 0 aliphatic heterocycles. The topological polar surface area (TPSA) is 3.24 Å². The quantitative estimate of drug-likeness (QED) is 0.171. The van der Waals surface area contributed by atoms with Gasteiger partial charge in [0, 0.05) is 36.9 Å². The van der Waals surface area contributed by atoms with Gasteiger partial charge in [0.05, 0.1) is 11.1 Å². The molecule has 2 aliphatic rings. The lowest BCUT2D eigenvalue weighted by Gasteiger charge is -2.46. The van der Waals surface area contributed by atoms with Crippen LogP contribution in [0.15, 0.2) is 224 Å². The minimum Gasteiger partial charge on any atom is -0.310 e. The number of anilines is 3. The molecule has 0 fully saturated rings. The monoisotopic (exact) mass is 815 g/mol. The lowest BCUT2D eigenvalue weighted by Crippen LogP contribution is -2.36. The molecular weight excluding hydrogens is 779 g/mol.